The maximum Gasteiger partial charge on any atom is 0.234 e. The van der Waals surface area contributed by atoms with Gasteiger partial charge in [0.25, 0.3) is 0 Å². The van der Waals surface area contributed by atoms with E-state index in [1.807, 2.05) is 4.90 Å². The third-order valence-corrected chi connectivity index (χ3v) is 3.14. The summed E-state index contributed by atoms with van der Waals surface area (Å²) >= 11 is 0. The molecule has 14 heavy (non-hydrogen) atoms. The minimum Gasteiger partial charge on any atom is -0.354 e. The topological polar surface area (TPSA) is 66.5 Å². The third-order valence-electron chi connectivity index (χ3n) is 2.11. The lowest BCUT2D eigenvalue weighted by Gasteiger charge is -2.26. The monoisotopic (exact) mass is 220 g/mol. The van der Waals surface area contributed by atoms with Crippen molar-refractivity contribution in [3.63, 3.8) is 0 Å². The number of hydrogen-bond donors (Lipinski definition) is 1. The van der Waals surface area contributed by atoms with E-state index in [4.69, 9.17) is 0 Å². The fraction of sp³-hybridized carbons (Fsp3) is 0.875. The quantitative estimate of drug-likeness (QED) is 0.650. The van der Waals surface area contributed by atoms with Gasteiger partial charge in [-0.2, -0.15) is 0 Å². The van der Waals surface area contributed by atoms with Crippen molar-refractivity contribution in [3.05, 3.63) is 0 Å². The number of rotatable bonds is 4. The van der Waals surface area contributed by atoms with Crippen LogP contribution in [0.15, 0.2) is 0 Å². The Kier molecular flexibility index (Phi) is 3.88. The molecule has 1 rings (SSSR count). The van der Waals surface area contributed by atoms with Crippen LogP contribution in [0.4, 0.5) is 0 Å². The lowest BCUT2D eigenvalue weighted by atomic mass is 10.3. The van der Waals surface area contributed by atoms with Gasteiger partial charge in [0, 0.05) is 19.3 Å². The predicted octanol–water partition coefficient (Wildman–Crippen LogP) is -1.15. The van der Waals surface area contributed by atoms with E-state index in [2.05, 4.69) is 5.32 Å². The summed E-state index contributed by atoms with van der Waals surface area (Å²) in [6, 6.07) is 0. The molecule has 0 saturated carbocycles. The normalized spacial score (nSPS) is 19.4. The Morgan fingerprint density at radius 2 is 2.21 bits per heavy atom. The first-order chi connectivity index (χ1) is 6.47. The van der Waals surface area contributed by atoms with E-state index in [9.17, 15) is 13.2 Å². The van der Waals surface area contributed by atoms with Gasteiger partial charge in [0.1, 0.15) is 9.84 Å². The zero-order valence-corrected chi connectivity index (χ0v) is 9.14. The largest absolute Gasteiger partial charge is 0.354 e. The van der Waals surface area contributed by atoms with Gasteiger partial charge in [0.05, 0.1) is 12.3 Å². The number of carbonyl (C=O) groups is 1. The van der Waals surface area contributed by atoms with Crippen molar-refractivity contribution in [2.24, 2.45) is 0 Å². The van der Waals surface area contributed by atoms with Crippen molar-refractivity contribution in [2.75, 3.05) is 38.2 Å². The summed E-state index contributed by atoms with van der Waals surface area (Å²) in [5.41, 5.74) is 0. The first-order valence-corrected chi connectivity index (χ1v) is 6.70. The summed E-state index contributed by atoms with van der Waals surface area (Å²) in [6.07, 6.45) is 1.84. The average Bonchev–Trinajstić information content (AvgIpc) is 2.01. The number of piperazine rings is 1. The van der Waals surface area contributed by atoms with Gasteiger partial charge in [-0.15, -0.1) is 0 Å². The number of carbonyl (C=O) groups excluding carboxylic acids is 1. The molecule has 1 amide bonds. The highest BCUT2D eigenvalue weighted by Gasteiger charge is 2.15. The highest BCUT2D eigenvalue weighted by molar-refractivity contribution is 7.90. The Morgan fingerprint density at radius 3 is 2.79 bits per heavy atom. The van der Waals surface area contributed by atoms with Gasteiger partial charge >= 0.3 is 0 Å². The van der Waals surface area contributed by atoms with E-state index in [1.165, 1.54) is 6.26 Å². The van der Waals surface area contributed by atoms with E-state index in [0.29, 0.717) is 26.1 Å². The lowest BCUT2D eigenvalue weighted by molar-refractivity contribution is -0.124. The molecule has 0 radical (unpaired) electrons. The number of sulfone groups is 1. The Balaban J connectivity index is 2.21. The number of nitrogens with one attached hydrogen (secondary N) is 1. The molecule has 1 aliphatic rings. The van der Waals surface area contributed by atoms with Crippen LogP contribution in [-0.4, -0.2) is 57.4 Å². The van der Waals surface area contributed by atoms with Gasteiger partial charge < -0.3 is 5.32 Å². The van der Waals surface area contributed by atoms with Crippen molar-refractivity contribution in [1.82, 2.24) is 10.2 Å². The van der Waals surface area contributed by atoms with Gasteiger partial charge in [-0.05, 0) is 13.0 Å². The molecule has 82 valence electrons. The molecule has 1 fully saturated rings. The second-order valence-electron chi connectivity index (χ2n) is 3.61. The van der Waals surface area contributed by atoms with Crippen LogP contribution in [0, 0.1) is 0 Å². The molecule has 6 heteroatoms. The molecule has 0 aliphatic carbocycles. The highest BCUT2D eigenvalue weighted by atomic mass is 32.2. The molecule has 0 spiro atoms. The maximum atomic E-state index is 11.0. The smallest absolute Gasteiger partial charge is 0.234 e. The Hall–Kier alpha value is -0.620. The minimum absolute atomic E-state index is 0.0237. The van der Waals surface area contributed by atoms with Crippen LogP contribution >= 0.6 is 0 Å². The molecule has 0 aromatic carbocycles. The van der Waals surface area contributed by atoms with Gasteiger partial charge in [0.2, 0.25) is 5.91 Å². The maximum absolute atomic E-state index is 11.0. The van der Waals surface area contributed by atoms with E-state index >= 15 is 0 Å². The minimum atomic E-state index is -2.87. The Morgan fingerprint density at radius 1 is 1.50 bits per heavy atom. The van der Waals surface area contributed by atoms with Gasteiger partial charge in [0.15, 0.2) is 0 Å². The lowest BCUT2D eigenvalue weighted by Crippen LogP contribution is -2.47. The molecule has 5 nitrogen and oxygen atoms in total. The van der Waals surface area contributed by atoms with E-state index in [1.54, 1.807) is 0 Å². The molecule has 1 aliphatic heterocycles. The van der Waals surface area contributed by atoms with Gasteiger partial charge in [-0.1, -0.05) is 0 Å². The van der Waals surface area contributed by atoms with Gasteiger partial charge in [-0.3, -0.25) is 9.69 Å². The van der Waals surface area contributed by atoms with Crippen molar-refractivity contribution < 1.29 is 13.2 Å². The summed E-state index contributed by atoms with van der Waals surface area (Å²) < 4.78 is 21.7. The van der Waals surface area contributed by atoms with E-state index in [-0.39, 0.29) is 11.7 Å². The number of amides is 1. The third kappa shape index (κ3) is 4.57. The van der Waals surface area contributed by atoms with Crippen molar-refractivity contribution in [2.45, 2.75) is 6.42 Å². The summed E-state index contributed by atoms with van der Waals surface area (Å²) in [4.78, 5) is 12.9. The average molecular weight is 220 g/mol. The number of hydrogen-bond acceptors (Lipinski definition) is 4. The summed E-state index contributed by atoms with van der Waals surface area (Å²) in [6.45, 7) is 2.55. The van der Waals surface area contributed by atoms with E-state index in [0.717, 1.165) is 6.54 Å². The molecule has 0 bridgehead atoms. The SMILES string of the molecule is CS(=O)(=O)CCCN1CCNC(=O)C1. The molecular weight excluding hydrogens is 204 g/mol. The standard InChI is InChI=1S/C8H16N2O3S/c1-14(12,13)6-2-4-10-5-3-9-8(11)7-10/h2-7H2,1H3,(H,9,11). The second kappa shape index (κ2) is 4.75. The first kappa shape index (κ1) is 11.5. The molecule has 1 saturated heterocycles. The van der Waals surface area contributed by atoms with Crippen LogP contribution in [-0.2, 0) is 14.6 Å². The molecule has 0 aromatic rings. The van der Waals surface area contributed by atoms with Crippen molar-refractivity contribution in [1.29, 1.82) is 0 Å². The number of nitrogens with zero attached hydrogens (tertiary/aromatic N) is 1. The highest BCUT2D eigenvalue weighted by Crippen LogP contribution is 1.97. The van der Waals surface area contributed by atoms with Crippen LogP contribution in [0.1, 0.15) is 6.42 Å². The van der Waals surface area contributed by atoms with Gasteiger partial charge in [-0.25, -0.2) is 8.42 Å². The summed E-state index contributed by atoms with van der Waals surface area (Å²) in [5, 5.41) is 2.72. The summed E-state index contributed by atoms with van der Waals surface area (Å²) in [5.74, 6) is 0.223. The molecule has 0 aromatic heterocycles. The van der Waals surface area contributed by atoms with Crippen LogP contribution in [0.2, 0.25) is 0 Å². The Bertz CT molecular complexity index is 300. The van der Waals surface area contributed by atoms with Crippen molar-refractivity contribution in [3.8, 4) is 0 Å². The molecule has 1 heterocycles. The van der Waals surface area contributed by atoms with Crippen LogP contribution < -0.4 is 5.32 Å². The first-order valence-electron chi connectivity index (χ1n) is 4.64. The zero-order valence-electron chi connectivity index (χ0n) is 8.32. The fourth-order valence-electron chi connectivity index (χ4n) is 1.43. The molecular formula is C8H16N2O3S. The predicted molar refractivity (Wildman–Crippen MR) is 53.8 cm³/mol. The van der Waals surface area contributed by atoms with E-state index < -0.39 is 9.84 Å². The molecule has 0 atom stereocenters. The summed E-state index contributed by atoms with van der Waals surface area (Å²) in [7, 11) is -2.87. The molecule has 1 N–H and O–H groups in total. The Labute approximate surface area is 84.4 Å². The second-order valence-corrected chi connectivity index (χ2v) is 5.87. The van der Waals surface area contributed by atoms with Crippen molar-refractivity contribution >= 4 is 15.7 Å². The molecule has 0 unspecified atom stereocenters. The fourth-order valence-corrected chi connectivity index (χ4v) is 2.09. The van der Waals surface area contributed by atoms with Crippen LogP contribution in [0.3, 0.4) is 0 Å². The zero-order chi connectivity index (χ0) is 10.6. The van der Waals surface area contributed by atoms with Crippen LogP contribution in [0.25, 0.3) is 0 Å². The van der Waals surface area contributed by atoms with Crippen LogP contribution in [0.5, 0.6) is 0 Å².